The Labute approximate surface area is 111 Å². The molecular weight excluding hydrogens is 222 g/mol. The fourth-order valence-corrected chi connectivity index (χ4v) is 2.52. The molecule has 0 radical (unpaired) electrons. The first-order valence-electron chi connectivity index (χ1n) is 7.01. The highest BCUT2D eigenvalue weighted by Gasteiger charge is 2.17. The van der Waals surface area contributed by atoms with Crippen LogP contribution in [0.5, 0.6) is 5.75 Å². The van der Waals surface area contributed by atoms with Crippen molar-refractivity contribution in [2.75, 3.05) is 13.1 Å². The lowest BCUT2D eigenvalue weighted by Gasteiger charge is -2.27. The largest absolute Gasteiger partial charge is 0.508 e. The van der Waals surface area contributed by atoms with Crippen LogP contribution >= 0.6 is 0 Å². The van der Waals surface area contributed by atoms with Crippen LogP contribution in [-0.2, 0) is 12.0 Å². The number of likely N-dealkylation sites (tertiary alicyclic amines) is 1. The van der Waals surface area contributed by atoms with Gasteiger partial charge in [0.1, 0.15) is 5.75 Å². The second-order valence-corrected chi connectivity index (χ2v) is 6.43. The Hall–Kier alpha value is -1.02. The first kappa shape index (κ1) is 13.4. The Balaban J connectivity index is 2.09. The molecule has 100 valence electrons. The van der Waals surface area contributed by atoms with Gasteiger partial charge in [0.05, 0.1) is 0 Å². The molecule has 0 amide bonds. The molecule has 1 fully saturated rings. The molecule has 1 aliphatic heterocycles. The molecular formula is C16H25NO. The standard InChI is InChI=1S/C16H25NO/c1-16(2,3)14-8-7-13(15(18)11-14)12-17-9-5-4-6-10-17/h7-8,11,18H,4-6,9-10,12H2,1-3H3. The molecule has 1 saturated heterocycles. The third kappa shape index (κ3) is 3.26. The van der Waals surface area contributed by atoms with Crippen LogP contribution in [0.4, 0.5) is 0 Å². The first-order valence-corrected chi connectivity index (χ1v) is 7.01. The van der Waals surface area contributed by atoms with E-state index >= 15 is 0 Å². The predicted molar refractivity (Wildman–Crippen MR) is 75.9 cm³/mol. The van der Waals surface area contributed by atoms with Crippen molar-refractivity contribution in [3.8, 4) is 5.75 Å². The van der Waals surface area contributed by atoms with Crippen molar-refractivity contribution in [3.63, 3.8) is 0 Å². The molecule has 1 N–H and O–H groups in total. The molecule has 1 aromatic rings. The molecule has 1 aromatic carbocycles. The van der Waals surface area contributed by atoms with Crippen LogP contribution in [0, 0.1) is 0 Å². The summed E-state index contributed by atoms with van der Waals surface area (Å²) in [5, 5.41) is 10.2. The molecule has 0 unspecified atom stereocenters. The number of phenolic OH excluding ortho intramolecular Hbond substituents is 1. The SMILES string of the molecule is CC(C)(C)c1ccc(CN2CCCCC2)c(O)c1. The highest BCUT2D eigenvalue weighted by atomic mass is 16.3. The van der Waals surface area contributed by atoms with Gasteiger partial charge in [0.15, 0.2) is 0 Å². The van der Waals surface area contributed by atoms with Gasteiger partial charge < -0.3 is 5.11 Å². The molecule has 0 bridgehead atoms. The Morgan fingerprint density at radius 2 is 1.78 bits per heavy atom. The highest BCUT2D eigenvalue weighted by Crippen LogP contribution is 2.28. The van der Waals surface area contributed by atoms with E-state index in [0.717, 1.165) is 12.1 Å². The van der Waals surface area contributed by atoms with E-state index in [-0.39, 0.29) is 5.41 Å². The van der Waals surface area contributed by atoms with E-state index in [4.69, 9.17) is 0 Å². The Morgan fingerprint density at radius 3 is 2.33 bits per heavy atom. The van der Waals surface area contributed by atoms with Crippen LogP contribution in [0.15, 0.2) is 18.2 Å². The van der Waals surface area contributed by atoms with Crippen LogP contribution in [0.2, 0.25) is 0 Å². The fraction of sp³-hybridized carbons (Fsp3) is 0.625. The first-order chi connectivity index (χ1) is 8.47. The second-order valence-electron chi connectivity index (χ2n) is 6.43. The summed E-state index contributed by atoms with van der Waals surface area (Å²) in [5.74, 6) is 0.452. The lowest BCUT2D eigenvalue weighted by Crippen LogP contribution is -2.29. The van der Waals surface area contributed by atoms with Gasteiger partial charge >= 0.3 is 0 Å². The number of hydrogen-bond acceptors (Lipinski definition) is 2. The van der Waals surface area contributed by atoms with Crippen LogP contribution in [-0.4, -0.2) is 23.1 Å². The zero-order valence-electron chi connectivity index (χ0n) is 11.9. The summed E-state index contributed by atoms with van der Waals surface area (Å²) in [6, 6.07) is 6.17. The molecule has 18 heavy (non-hydrogen) atoms. The number of aromatic hydroxyl groups is 1. The van der Waals surface area contributed by atoms with Crippen LogP contribution in [0.1, 0.15) is 51.2 Å². The smallest absolute Gasteiger partial charge is 0.120 e. The zero-order chi connectivity index (χ0) is 13.2. The van der Waals surface area contributed by atoms with Crippen molar-refractivity contribution in [3.05, 3.63) is 29.3 Å². The van der Waals surface area contributed by atoms with Crippen molar-refractivity contribution in [2.45, 2.75) is 52.0 Å². The molecule has 2 rings (SSSR count). The summed E-state index contributed by atoms with van der Waals surface area (Å²) in [6.07, 6.45) is 3.94. The molecule has 1 aliphatic rings. The molecule has 0 aromatic heterocycles. The van der Waals surface area contributed by atoms with Gasteiger partial charge in [0, 0.05) is 12.1 Å². The highest BCUT2D eigenvalue weighted by molar-refractivity contribution is 5.39. The van der Waals surface area contributed by atoms with Crippen molar-refractivity contribution in [2.24, 2.45) is 0 Å². The molecule has 0 aliphatic carbocycles. The van der Waals surface area contributed by atoms with Crippen molar-refractivity contribution in [1.82, 2.24) is 4.90 Å². The van der Waals surface area contributed by atoms with E-state index in [1.165, 1.54) is 37.9 Å². The quantitative estimate of drug-likeness (QED) is 0.862. The monoisotopic (exact) mass is 247 g/mol. The van der Waals surface area contributed by atoms with Gasteiger partial charge in [-0.1, -0.05) is 39.3 Å². The summed E-state index contributed by atoms with van der Waals surface area (Å²) >= 11 is 0. The van der Waals surface area contributed by atoms with Gasteiger partial charge in [0.25, 0.3) is 0 Å². The van der Waals surface area contributed by atoms with Gasteiger partial charge in [-0.25, -0.2) is 0 Å². The number of hydrogen-bond donors (Lipinski definition) is 1. The van der Waals surface area contributed by atoms with E-state index in [9.17, 15) is 5.11 Å². The number of benzene rings is 1. The van der Waals surface area contributed by atoms with Gasteiger partial charge in [0.2, 0.25) is 0 Å². The molecule has 0 saturated carbocycles. The zero-order valence-corrected chi connectivity index (χ0v) is 11.9. The maximum absolute atomic E-state index is 10.2. The minimum Gasteiger partial charge on any atom is -0.508 e. The second kappa shape index (κ2) is 5.31. The van der Waals surface area contributed by atoms with Crippen molar-refractivity contribution >= 4 is 0 Å². The number of phenols is 1. The van der Waals surface area contributed by atoms with Crippen LogP contribution < -0.4 is 0 Å². The minimum absolute atomic E-state index is 0.0983. The lowest BCUT2D eigenvalue weighted by molar-refractivity contribution is 0.218. The van der Waals surface area contributed by atoms with Crippen LogP contribution in [0.3, 0.4) is 0 Å². The molecule has 0 spiro atoms. The molecule has 1 heterocycles. The normalized spacial score (nSPS) is 17.9. The maximum Gasteiger partial charge on any atom is 0.120 e. The average molecular weight is 247 g/mol. The average Bonchev–Trinajstić information content (AvgIpc) is 2.32. The summed E-state index contributed by atoms with van der Waals surface area (Å²) in [6.45, 7) is 9.74. The van der Waals surface area contributed by atoms with E-state index in [2.05, 4.69) is 37.8 Å². The maximum atomic E-state index is 10.2. The fourth-order valence-electron chi connectivity index (χ4n) is 2.52. The third-order valence-electron chi connectivity index (χ3n) is 3.79. The van der Waals surface area contributed by atoms with E-state index in [0.29, 0.717) is 5.75 Å². The van der Waals surface area contributed by atoms with Gasteiger partial charge in [-0.3, -0.25) is 4.90 Å². The number of nitrogens with zero attached hydrogens (tertiary/aromatic N) is 1. The minimum atomic E-state index is 0.0983. The van der Waals surface area contributed by atoms with E-state index in [1.807, 2.05) is 6.07 Å². The van der Waals surface area contributed by atoms with Crippen molar-refractivity contribution < 1.29 is 5.11 Å². The van der Waals surface area contributed by atoms with E-state index in [1.54, 1.807) is 0 Å². The molecule has 2 nitrogen and oxygen atoms in total. The van der Waals surface area contributed by atoms with E-state index < -0.39 is 0 Å². The molecule has 2 heteroatoms. The Bertz CT molecular complexity index is 400. The van der Waals surface area contributed by atoms with Crippen molar-refractivity contribution in [1.29, 1.82) is 0 Å². The molecule has 0 atom stereocenters. The van der Waals surface area contributed by atoms with Gasteiger partial charge in [-0.2, -0.15) is 0 Å². The lowest BCUT2D eigenvalue weighted by atomic mass is 9.86. The summed E-state index contributed by atoms with van der Waals surface area (Å²) in [5.41, 5.74) is 2.36. The number of piperidine rings is 1. The summed E-state index contributed by atoms with van der Waals surface area (Å²) < 4.78 is 0. The van der Waals surface area contributed by atoms with Gasteiger partial charge in [-0.15, -0.1) is 0 Å². The Kier molecular flexibility index (Phi) is 3.96. The van der Waals surface area contributed by atoms with Crippen LogP contribution in [0.25, 0.3) is 0 Å². The third-order valence-corrected chi connectivity index (χ3v) is 3.79. The number of rotatable bonds is 2. The predicted octanol–water partition coefficient (Wildman–Crippen LogP) is 3.68. The van der Waals surface area contributed by atoms with Gasteiger partial charge in [-0.05, 0) is 43.0 Å². The Morgan fingerprint density at radius 1 is 1.11 bits per heavy atom. The topological polar surface area (TPSA) is 23.5 Å². The summed E-state index contributed by atoms with van der Waals surface area (Å²) in [7, 11) is 0. The summed E-state index contributed by atoms with van der Waals surface area (Å²) in [4.78, 5) is 2.44.